The molecule has 8 heteroatoms. The van der Waals surface area contributed by atoms with E-state index < -0.39 is 0 Å². The number of rotatable bonds is 3. The number of nitrogens with zero attached hydrogens (tertiary/aromatic N) is 4. The Morgan fingerprint density at radius 1 is 1.16 bits per heavy atom. The summed E-state index contributed by atoms with van der Waals surface area (Å²) >= 11 is 1.16. The minimum Gasteiger partial charge on any atom is -0.467 e. The molecule has 0 aliphatic rings. The minimum absolute atomic E-state index is 0.0884. The average Bonchev–Trinajstić information content (AvgIpc) is 2.80. The number of nitrogens with two attached hydrogens (primary N) is 1. The third-order valence-electron chi connectivity index (χ3n) is 2.25. The molecule has 0 saturated carbocycles. The van der Waals surface area contributed by atoms with Crippen LogP contribution in [-0.2, 0) is 0 Å². The van der Waals surface area contributed by atoms with Crippen LogP contribution in [0.25, 0.3) is 11.1 Å². The molecule has 2 aromatic heterocycles. The molecule has 0 bridgehead atoms. The molecule has 1 aromatic carbocycles. The van der Waals surface area contributed by atoms with Crippen LogP contribution >= 0.6 is 11.8 Å². The summed E-state index contributed by atoms with van der Waals surface area (Å²) in [4.78, 5) is 16.2. The Labute approximate surface area is 112 Å². The third kappa shape index (κ3) is 2.43. The van der Waals surface area contributed by atoms with Gasteiger partial charge in [-0.05, 0) is 12.1 Å². The lowest BCUT2D eigenvalue weighted by atomic mass is 10.3. The summed E-state index contributed by atoms with van der Waals surface area (Å²) in [5, 5.41) is 0.810. The van der Waals surface area contributed by atoms with E-state index >= 15 is 0 Å². The van der Waals surface area contributed by atoms with E-state index in [0.717, 1.165) is 17.3 Å². The van der Waals surface area contributed by atoms with Gasteiger partial charge in [-0.15, -0.1) is 0 Å². The number of methoxy groups -OCH3 is 1. The van der Waals surface area contributed by atoms with Crippen LogP contribution in [0.2, 0.25) is 0 Å². The van der Waals surface area contributed by atoms with Crippen LogP contribution in [0.1, 0.15) is 0 Å². The monoisotopic (exact) mass is 275 g/mol. The Bertz CT molecular complexity index is 697. The molecular weight excluding hydrogens is 266 g/mol. The van der Waals surface area contributed by atoms with Crippen LogP contribution in [0.3, 0.4) is 0 Å². The van der Waals surface area contributed by atoms with Crippen LogP contribution < -0.4 is 10.5 Å². The number of para-hydroxylation sites is 2. The van der Waals surface area contributed by atoms with Gasteiger partial charge in [-0.2, -0.15) is 15.0 Å². The lowest BCUT2D eigenvalue weighted by Crippen LogP contribution is -2.01. The zero-order valence-electron chi connectivity index (χ0n) is 9.90. The molecule has 0 radical (unpaired) electrons. The lowest BCUT2D eigenvalue weighted by molar-refractivity contribution is 0.373. The van der Waals surface area contributed by atoms with Crippen molar-refractivity contribution in [2.75, 3.05) is 12.8 Å². The van der Waals surface area contributed by atoms with Gasteiger partial charge in [0.05, 0.1) is 7.11 Å². The third-order valence-corrected chi connectivity index (χ3v) is 2.96. The summed E-state index contributed by atoms with van der Waals surface area (Å²) in [7, 11) is 1.46. The number of benzene rings is 1. The molecule has 0 amide bonds. The maximum Gasteiger partial charge on any atom is 0.321 e. The number of ether oxygens (including phenoxy) is 1. The fourth-order valence-electron chi connectivity index (χ4n) is 1.46. The van der Waals surface area contributed by atoms with Gasteiger partial charge in [-0.3, -0.25) is 0 Å². The van der Waals surface area contributed by atoms with E-state index in [1.807, 2.05) is 24.3 Å². The summed E-state index contributed by atoms with van der Waals surface area (Å²) in [6, 6.07) is 7.64. The van der Waals surface area contributed by atoms with Crippen molar-refractivity contribution in [2.24, 2.45) is 0 Å². The Hall–Kier alpha value is -2.35. The Kier molecular flexibility index (Phi) is 2.92. The summed E-state index contributed by atoms with van der Waals surface area (Å²) in [6.45, 7) is 0. The zero-order valence-corrected chi connectivity index (χ0v) is 10.7. The SMILES string of the molecule is COc1nc(N)nc(Sc2nc3ccccc3o2)n1. The van der Waals surface area contributed by atoms with Gasteiger partial charge in [0.2, 0.25) is 11.1 Å². The smallest absolute Gasteiger partial charge is 0.321 e. The molecule has 0 spiro atoms. The molecular formula is C11H9N5O2S. The van der Waals surface area contributed by atoms with E-state index in [1.54, 1.807) is 0 Å². The summed E-state index contributed by atoms with van der Waals surface area (Å²) < 4.78 is 10.5. The van der Waals surface area contributed by atoms with Crippen molar-refractivity contribution in [3.8, 4) is 6.01 Å². The molecule has 3 rings (SSSR count). The van der Waals surface area contributed by atoms with Crippen molar-refractivity contribution >= 4 is 28.8 Å². The molecule has 0 fully saturated rings. The molecule has 3 aromatic rings. The first-order valence-electron chi connectivity index (χ1n) is 5.33. The molecule has 2 heterocycles. The second kappa shape index (κ2) is 4.73. The topological polar surface area (TPSA) is 100.0 Å². The zero-order chi connectivity index (χ0) is 13.2. The molecule has 7 nitrogen and oxygen atoms in total. The van der Waals surface area contributed by atoms with Gasteiger partial charge < -0.3 is 14.9 Å². The number of hydrogen-bond acceptors (Lipinski definition) is 8. The highest BCUT2D eigenvalue weighted by Gasteiger charge is 2.11. The van der Waals surface area contributed by atoms with Crippen LogP contribution in [-0.4, -0.2) is 27.0 Å². The maximum absolute atomic E-state index is 5.56. The molecule has 0 aliphatic heterocycles. The Morgan fingerprint density at radius 2 is 2.00 bits per heavy atom. The largest absolute Gasteiger partial charge is 0.467 e. The average molecular weight is 275 g/mol. The van der Waals surface area contributed by atoms with Crippen molar-refractivity contribution in [1.82, 2.24) is 19.9 Å². The molecule has 96 valence electrons. The molecule has 19 heavy (non-hydrogen) atoms. The van der Waals surface area contributed by atoms with Crippen molar-refractivity contribution in [3.05, 3.63) is 24.3 Å². The Morgan fingerprint density at radius 3 is 2.79 bits per heavy atom. The molecule has 2 N–H and O–H groups in total. The van der Waals surface area contributed by atoms with Crippen LogP contribution in [0.4, 0.5) is 5.95 Å². The number of nitrogen functional groups attached to an aromatic ring is 1. The first-order valence-corrected chi connectivity index (χ1v) is 6.15. The van der Waals surface area contributed by atoms with E-state index in [-0.39, 0.29) is 12.0 Å². The first-order chi connectivity index (χ1) is 9.24. The highest BCUT2D eigenvalue weighted by atomic mass is 32.2. The Balaban J connectivity index is 1.94. The highest BCUT2D eigenvalue weighted by Crippen LogP contribution is 2.28. The van der Waals surface area contributed by atoms with Gasteiger partial charge in [0.15, 0.2) is 5.58 Å². The fourth-order valence-corrected chi connectivity index (χ4v) is 2.16. The molecule has 0 atom stereocenters. The van der Waals surface area contributed by atoms with Gasteiger partial charge in [-0.25, -0.2) is 4.98 Å². The van der Waals surface area contributed by atoms with Crippen molar-refractivity contribution in [1.29, 1.82) is 0 Å². The number of anilines is 1. The normalized spacial score (nSPS) is 10.8. The van der Waals surface area contributed by atoms with Gasteiger partial charge in [0, 0.05) is 11.8 Å². The van der Waals surface area contributed by atoms with Gasteiger partial charge >= 0.3 is 6.01 Å². The van der Waals surface area contributed by atoms with E-state index in [2.05, 4.69) is 19.9 Å². The van der Waals surface area contributed by atoms with Gasteiger partial charge in [0.25, 0.3) is 5.22 Å². The summed E-state index contributed by atoms with van der Waals surface area (Å²) in [5.74, 6) is 0.0884. The number of hydrogen-bond donors (Lipinski definition) is 1. The van der Waals surface area contributed by atoms with E-state index in [1.165, 1.54) is 7.11 Å². The predicted octanol–water partition coefficient (Wildman–Crippen LogP) is 1.75. The highest BCUT2D eigenvalue weighted by molar-refractivity contribution is 7.98. The fraction of sp³-hybridized carbons (Fsp3) is 0.0909. The second-order valence-electron chi connectivity index (χ2n) is 3.51. The van der Waals surface area contributed by atoms with Crippen molar-refractivity contribution in [3.63, 3.8) is 0 Å². The molecule has 0 aliphatic carbocycles. The van der Waals surface area contributed by atoms with Crippen LogP contribution in [0.5, 0.6) is 6.01 Å². The number of aromatic nitrogens is 4. The van der Waals surface area contributed by atoms with Crippen molar-refractivity contribution < 1.29 is 9.15 Å². The van der Waals surface area contributed by atoms with Crippen molar-refractivity contribution in [2.45, 2.75) is 10.4 Å². The standard InChI is InChI=1S/C11H9N5O2S/c1-17-9-14-8(12)15-10(16-9)19-11-13-6-4-2-3-5-7(6)18-11/h2-5H,1H3,(H2,12,14,15,16). The molecule has 0 unspecified atom stereocenters. The van der Waals surface area contributed by atoms with E-state index in [4.69, 9.17) is 14.9 Å². The van der Waals surface area contributed by atoms with Crippen LogP contribution in [0.15, 0.2) is 39.1 Å². The predicted molar refractivity (Wildman–Crippen MR) is 68.9 cm³/mol. The van der Waals surface area contributed by atoms with E-state index in [9.17, 15) is 0 Å². The summed E-state index contributed by atoms with van der Waals surface area (Å²) in [5.41, 5.74) is 7.04. The molecule has 0 saturated heterocycles. The van der Waals surface area contributed by atoms with E-state index in [0.29, 0.717) is 16.0 Å². The quantitative estimate of drug-likeness (QED) is 0.771. The van der Waals surface area contributed by atoms with Gasteiger partial charge in [0.1, 0.15) is 5.52 Å². The van der Waals surface area contributed by atoms with Gasteiger partial charge in [-0.1, -0.05) is 12.1 Å². The maximum atomic E-state index is 5.56. The number of fused-ring (bicyclic) bond motifs is 1. The first kappa shape index (κ1) is 11.7. The minimum atomic E-state index is 0.0884. The van der Waals surface area contributed by atoms with Crippen LogP contribution in [0, 0.1) is 0 Å². The summed E-state index contributed by atoms with van der Waals surface area (Å²) in [6.07, 6.45) is 0. The second-order valence-corrected chi connectivity index (χ2v) is 4.43. The lowest BCUT2D eigenvalue weighted by Gasteiger charge is -2.00. The number of oxazole rings is 1.